The number of aromatic hydroxyl groups is 2. The number of phenolic OH excluding ortho intramolecular Hbond substituents is 2. The molecule has 0 bridgehead atoms. The molecule has 10 heavy (non-hydrogen) atoms. The minimum atomic E-state index is -0.0602. The van der Waals surface area contributed by atoms with E-state index in [1.54, 1.807) is 19.1 Å². The Balaban J connectivity index is 0. The van der Waals surface area contributed by atoms with Gasteiger partial charge < -0.3 is 11.6 Å². The molecule has 2 N–H and O–H groups in total. The van der Waals surface area contributed by atoms with Gasteiger partial charge in [-0.25, -0.2) is 0 Å². The van der Waals surface area contributed by atoms with Crippen LogP contribution in [-0.2, 0) is 0 Å². The summed E-state index contributed by atoms with van der Waals surface area (Å²) in [5.41, 5.74) is 0.690. The first-order valence-electron chi connectivity index (χ1n) is 2.69. The molecular formula is C7H9KO2. The van der Waals surface area contributed by atoms with E-state index in [-0.39, 0.29) is 64.3 Å². The van der Waals surface area contributed by atoms with Crippen molar-refractivity contribution in [1.82, 2.24) is 0 Å². The van der Waals surface area contributed by atoms with Crippen molar-refractivity contribution in [3.8, 4) is 11.5 Å². The van der Waals surface area contributed by atoms with Crippen molar-refractivity contribution in [2.24, 2.45) is 0 Å². The third-order valence-electron chi connectivity index (χ3n) is 1.22. The van der Waals surface area contributed by atoms with Gasteiger partial charge in [-0.15, -0.1) is 0 Å². The minimum absolute atomic E-state index is 0. The smallest absolute Gasteiger partial charge is 1.00 e. The Bertz CT molecular complexity index is 207. The Morgan fingerprint density at radius 2 is 1.90 bits per heavy atom. The SMILES string of the molecule is Cc1cccc(O)c1O.[H-].[K+]. The molecule has 0 aliphatic heterocycles. The van der Waals surface area contributed by atoms with Crippen LogP contribution in [0.25, 0.3) is 0 Å². The molecule has 0 aliphatic rings. The molecule has 0 saturated heterocycles. The van der Waals surface area contributed by atoms with E-state index in [0.29, 0.717) is 5.56 Å². The molecule has 1 rings (SSSR count). The summed E-state index contributed by atoms with van der Waals surface area (Å²) >= 11 is 0. The molecule has 50 valence electrons. The van der Waals surface area contributed by atoms with Gasteiger partial charge in [-0.2, -0.15) is 0 Å². The molecule has 0 radical (unpaired) electrons. The molecule has 0 atom stereocenters. The van der Waals surface area contributed by atoms with Crippen LogP contribution >= 0.6 is 0 Å². The minimum Gasteiger partial charge on any atom is -1.00 e. The van der Waals surface area contributed by atoms with E-state index in [4.69, 9.17) is 10.2 Å². The number of hydrogen-bond donors (Lipinski definition) is 2. The number of hydrogen-bond acceptors (Lipinski definition) is 2. The van der Waals surface area contributed by atoms with E-state index in [2.05, 4.69) is 0 Å². The van der Waals surface area contributed by atoms with Crippen LogP contribution in [0.3, 0.4) is 0 Å². The zero-order valence-electron chi connectivity index (χ0n) is 7.13. The van der Waals surface area contributed by atoms with Gasteiger partial charge in [-0.3, -0.25) is 0 Å². The van der Waals surface area contributed by atoms with E-state index < -0.39 is 0 Å². The zero-order chi connectivity index (χ0) is 6.85. The number of rotatable bonds is 0. The van der Waals surface area contributed by atoms with Crippen molar-refractivity contribution in [2.45, 2.75) is 6.92 Å². The third-order valence-corrected chi connectivity index (χ3v) is 1.22. The summed E-state index contributed by atoms with van der Waals surface area (Å²) in [6.07, 6.45) is 0. The maximum absolute atomic E-state index is 8.96. The number of benzene rings is 1. The fraction of sp³-hybridized carbons (Fsp3) is 0.143. The van der Waals surface area contributed by atoms with Gasteiger partial charge in [0.15, 0.2) is 11.5 Å². The predicted octanol–water partition coefficient (Wildman–Crippen LogP) is -1.48. The summed E-state index contributed by atoms with van der Waals surface area (Å²) in [5.74, 6) is -0.0903. The van der Waals surface area contributed by atoms with Gasteiger partial charge in [-0.1, -0.05) is 12.1 Å². The maximum Gasteiger partial charge on any atom is 1.00 e. The zero-order valence-corrected chi connectivity index (χ0v) is 9.25. The summed E-state index contributed by atoms with van der Waals surface area (Å²) in [5, 5.41) is 17.8. The summed E-state index contributed by atoms with van der Waals surface area (Å²) in [4.78, 5) is 0. The van der Waals surface area contributed by atoms with Crippen LogP contribution in [0.1, 0.15) is 6.99 Å². The Morgan fingerprint density at radius 1 is 1.30 bits per heavy atom. The third kappa shape index (κ3) is 2.25. The van der Waals surface area contributed by atoms with Crippen molar-refractivity contribution in [1.29, 1.82) is 0 Å². The molecule has 0 fully saturated rings. The summed E-state index contributed by atoms with van der Waals surface area (Å²) in [7, 11) is 0. The van der Waals surface area contributed by atoms with Crippen molar-refractivity contribution in [3.05, 3.63) is 23.8 Å². The van der Waals surface area contributed by atoms with Crippen molar-refractivity contribution in [3.63, 3.8) is 0 Å². The maximum atomic E-state index is 8.96. The second-order valence-electron chi connectivity index (χ2n) is 1.94. The fourth-order valence-electron chi connectivity index (χ4n) is 0.643. The molecule has 2 nitrogen and oxygen atoms in total. The second-order valence-corrected chi connectivity index (χ2v) is 1.94. The quantitative estimate of drug-likeness (QED) is 0.363. The van der Waals surface area contributed by atoms with Gasteiger partial charge in [0.2, 0.25) is 0 Å². The molecule has 1 aromatic carbocycles. The van der Waals surface area contributed by atoms with E-state index in [0.717, 1.165) is 0 Å². The van der Waals surface area contributed by atoms with Gasteiger partial charge in [0.05, 0.1) is 0 Å². The summed E-state index contributed by atoms with van der Waals surface area (Å²) in [6, 6.07) is 4.86. The average Bonchev–Trinajstić information content (AvgIpc) is 1.83. The topological polar surface area (TPSA) is 40.5 Å². The molecule has 0 unspecified atom stereocenters. The van der Waals surface area contributed by atoms with Crippen LogP contribution in [-0.4, -0.2) is 10.2 Å². The van der Waals surface area contributed by atoms with E-state index in [9.17, 15) is 0 Å². The van der Waals surface area contributed by atoms with Crippen molar-refractivity contribution >= 4 is 0 Å². The summed E-state index contributed by atoms with van der Waals surface area (Å²) < 4.78 is 0. The van der Waals surface area contributed by atoms with Crippen molar-refractivity contribution < 1.29 is 63.0 Å². The Kier molecular flexibility index (Phi) is 4.56. The van der Waals surface area contributed by atoms with Crippen LogP contribution in [0.2, 0.25) is 0 Å². The molecule has 0 amide bonds. The Morgan fingerprint density at radius 3 is 2.30 bits per heavy atom. The van der Waals surface area contributed by atoms with Crippen LogP contribution in [0.5, 0.6) is 11.5 Å². The fourth-order valence-corrected chi connectivity index (χ4v) is 0.643. The molecule has 0 saturated carbocycles. The first-order chi connectivity index (χ1) is 4.22. The van der Waals surface area contributed by atoms with Gasteiger partial charge in [0.25, 0.3) is 0 Å². The Labute approximate surface area is 104 Å². The molecule has 0 aliphatic carbocycles. The van der Waals surface area contributed by atoms with Crippen LogP contribution in [0.4, 0.5) is 0 Å². The van der Waals surface area contributed by atoms with E-state index in [1.807, 2.05) is 0 Å². The Hall–Kier alpha value is 0.456. The van der Waals surface area contributed by atoms with E-state index >= 15 is 0 Å². The monoisotopic (exact) mass is 164 g/mol. The normalized spacial score (nSPS) is 8.50. The van der Waals surface area contributed by atoms with Crippen molar-refractivity contribution in [2.75, 3.05) is 0 Å². The van der Waals surface area contributed by atoms with E-state index in [1.165, 1.54) is 6.07 Å². The summed E-state index contributed by atoms with van der Waals surface area (Å²) in [6.45, 7) is 1.73. The first-order valence-corrected chi connectivity index (χ1v) is 2.69. The molecule has 0 heterocycles. The second kappa shape index (κ2) is 4.36. The molecule has 0 spiro atoms. The van der Waals surface area contributed by atoms with Gasteiger partial charge in [0.1, 0.15) is 0 Å². The van der Waals surface area contributed by atoms with Gasteiger partial charge >= 0.3 is 51.4 Å². The number of para-hydroxylation sites is 1. The molecule has 0 aromatic heterocycles. The van der Waals surface area contributed by atoms with Crippen LogP contribution in [0.15, 0.2) is 18.2 Å². The first kappa shape index (κ1) is 10.5. The largest absolute Gasteiger partial charge is 1.00 e. The van der Waals surface area contributed by atoms with Crippen LogP contribution in [0, 0.1) is 6.92 Å². The van der Waals surface area contributed by atoms with Crippen LogP contribution < -0.4 is 51.4 Å². The average molecular weight is 164 g/mol. The van der Waals surface area contributed by atoms with Gasteiger partial charge in [0, 0.05) is 0 Å². The molecular weight excluding hydrogens is 155 g/mol. The predicted molar refractivity (Wildman–Crippen MR) is 35.6 cm³/mol. The molecule has 3 heteroatoms. The van der Waals surface area contributed by atoms with Gasteiger partial charge in [-0.05, 0) is 18.6 Å². The molecule has 1 aromatic rings. The standard InChI is InChI=1S/C7H8O2.K.H/c1-5-3-2-4-6(8)7(5)9;;/h2-4,8-9H,1H3;;/q;+1;-1. The number of phenols is 2. The number of aryl methyl sites for hydroxylation is 1.